The number of benzene rings is 1. The van der Waals surface area contributed by atoms with Gasteiger partial charge in [0.1, 0.15) is 5.82 Å². The molecule has 2 N–H and O–H groups in total. The lowest BCUT2D eigenvalue weighted by atomic mass is 10.1. The predicted octanol–water partition coefficient (Wildman–Crippen LogP) is 3.53. The lowest BCUT2D eigenvalue weighted by Crippen LogP contribution is -2.15. The zero-order chi connectivity index (χ0) is 18.3. The SMILES string of the molecule is c1ccc(NCCNc2nnc(Cc3ccncc3)c3ccccc23)nc1. The average Bonchev–Trinajstić information content (AvgIpc) is 2.74. The maximum atomic E-state index is 4.47. The summed E-state index contributed by atoms with van der Waals surface area (Å²) in [6.45, 7) is 1.46. The molecule has 0 amide bonds. The molecule has 0 spiro atoms. The summed E-state index contributed by atoms with van der Waals surface area (Å²) >= 11 is 0. The number of aromatic nitrogens is 4. The van der Waals surface area contributed by atoms with Crippen LogP contribution >= 0.6 is 0 Å². The molecule has 6 nitrogen and oxygen atoms in total. The Kier molecular flexibility index (Phi) is 5.15. The van der Waals surface area contributed by atoms with Gasteiger partial charge in [-0.15, -0.1) is 5.10 Å². The van der Waals surface area contributed by atoms with Crippen molar-refractivity contribution in [2.24, 2.45) is 0 Å². The molecular weight excluding hydrogens is 336 g/mol. The minimum atomic E-state index is 0.721. The third kappa shape index (κ3) is 4.17. The zero-order valence-electron chi connectivity index (χ0n) is 14.8. The zero-order valence-corrected chi connectivity index (χ0v) is 14.8. The van der Waals surface area contributed by atoms with Crippen molar-refractivity contribution in [1.82, 2.24) is 20.2 Å². The highest BCUT2D eigenvalue weighted by Crippen LogP contribution is 2.24. The highest BCUT2D eigenvalue weighted by Gasteiger charge is 2.09. The highest BCUT2D eigenvalue weighted by atomic mass is 15.2. The molecule has 3 aromatic heterocycles. The summed E-state index contributed by atoms with van der Waals surface area (Å²) in [5, 5.41) is 17.7. The number of nitrogens with zero attached hydrogens (tertiary/aromatic N) is 4. The maximum Gasteiger partial charge on any atom is 0.156 e. The number of anilines is 2. The van der Waals surface area contributed by atoms with Gasteiger partial charge in [0.2, 0.25) is 0 Å². The molecule has 27 heavy (non-hydrogen) atoms. The monoisotopic (exact) mass is 356 g/mol. The maximum absolute atomic E-state index is 4.47. The van der Waals surface area contributed by atoms with Gasteiger partial charge >= 0.3 is 0 Å². The fraction of sp³-hybridized carbons (Fsp3) is 0.143. The van der Waals surface area contributed by atoms with E-state index in [-0.39, 0.29) is 0 Å². The lowest BCUT2D eigenvalue weighted by Gasteiger charge is -2.11. The molecule has 0 aliphatic heterocycles. The van der Waals surface area contributed by atoms with Crippen molar-refractivity contribution in [3.8, 4) is 0 Å². The van der Waals surface area contributed by atoms with Crippen LogP contribution in [0.3, 0.4) is 0 Å². The molecule has 0 atom stereocenters. The average molecular weight is 356 g/mol. The summed E-state index contributed by atoms with van der Waals surface area (Å²) in [5.74, 6) is 1.66. The molecule has 0 saturated carbocycles. The van der Waals surface area contributed by atoms with Gasteiger partial charge in [0, 0.05) is 48.9 Å². The minimum Gasteiger partial charge on any atom is -0.368 e. The van der Waals surface area contributed by atoms with Crippen LogP contribution in [0.1, 0.15) is 11.3 Å². The van der Waals surface area contributed by atoms with Crippen LogP contribution in [0.4, 0.5) is 11.6 Å². The van der Waals surface area contributed by atoms with E-state index in [1.165, 1.54) is 5.56 Å². The van der Waals surface area contributed by atoms with Gasteiger partial charge < -0.3 is 10.6 Å². The van der Waals surface area contributed by atoms with E-state index in [0.717, 1.165) is 47.6 Å². The fourth-order valence-electron chi connectivity index (χ4n) is 2.95. The molecule has 0 aliphatic rings. The van der Waals surface area contributed by atoms with Gasteiger partial charge in [0.25, 0.3) is 0 Å². The molecule has 0 fully saturated rings. The largest absolute Gasteiger partial charge is 0.368 e. The van der Waals surface area contributed by atoms with Gasteiger partial charge in [0.15, 0.2) is 5.82 Å². The number of hydrogen-bond acceptors (Lipinski definition) is 6. The van der Waals surface area contributed by atoms with Gasteiger partial charge in [0.05, 0.1) is 5.69 Å². The molecule has 4 rings (SSSR count). The van der Waals surface area contributed by atoms with Gasteiger partial charge in [-0.2, -0.15) is 5.10 Å². The van der Waals surface area contributed by atoms with Crippen LogP contribution in [-0.2, 0) is 6.42 Å². The Morgan fingerprint density at radius 1 is 0.704 bits per heavy atom. The number of hydrogen-bond donors (Lipinski definition) is 2. The topological polar surface area (TPSA) is 75.6 Å². The molecule has 0 unspecified atom stereocenters. The van der Waals surface area contributed by atoms with Crippen molar-refractivity contribution in [2.75, 3.05) is 23.7 Å². The van der Waals surface area contributed by atoms with E-state index in [2.05, 4.69) is 42.9 Å². The van der Waals surface area contributed by atoms with Gasteiger partial charge in [-0.3, -0.25) is 4.98 Å². The molecule has 6 heteroatoms. The second-order valence-corrected chi connectivity index (χ2v) is 6.14. The summed E-state index contributed by atoms with van der Waals surface area (Å²) in [5.41, 5.74) is 2.14. The number of nitrogens with one attached hydrogen (secondary N) is 2. The number of pyridine rings is 2. The second-order valence-electron chi connectivity index (χ2n) is 6.14. The first-order valence-corrected chi connectivity index (χ1v) is 8.92. The van der Waals surface area contributed by atoms with Gasteiger partial charge in [-0.25, -0.2) is 4.98 Å². The summed E-state index contributed by atoms with van der Waals surface area (Å²) in [7, 11) is 0. The van der Waals surface area contributed by atoms with Crippen LogP contribution < -0.4 is 10.6 Å². The third-order valence-electron chi connectivity index (χ3n) is 4.27. The molecule has 0 saturated heterocycles. The fourth-order valence-corrected chi connectivity index (χ4v) is 2.95. The Morgan fingerprint density at radius 2 is 1.48 bits per heavy atom. The number of rotatable bonds is 7. The van der Waals surface area contributed by atoms with Crippen molar-refractivity contribution < 1.29 is 0 Å². The van der Waals surface area contributed by atoms with Crippen molar-refractivity contribution in [2.45, 2.75) is 6.42 Å². The Labute approximate surface area is 157 Å². The Bertz CT molecular complexity index is 1000. The normalized spacial score (nSPS) is 10.7. The summed E-state index contributed by atoms with van der Waals surface area (Å²) in [6, 6.07) is 18.1. The lowest BCUT2D eigenvalue weighted by molar-refractivity contribution is 0.943. The quantitative estimate of drug-likeness (QED) is 0.493. The standard InChI is InChI=1S/C21H20N6/c1-2-6-18-17(5-1)19(15-16-8-11-22-12-9-16)26-27-21(18)25-14-13-24-20-7-3-4-10-23-20/h1-12H,13-15H2,(H,23,24)(H,25,27). The van der Waals surface area contributed by atoms with Crippen LogP contribution in [0.5, 0.6) is 0 Å². The molecule has 4 aromatic rings. The van der Waals surface area contributed by atoms with Crippen molar-refractivity contribution in [3.05, 3.63) is 84.4 Å². The van der Waals surface area contributed by atoms with Crippen LogP contribution in [-0.4, -0.2) is 33.3 Å². The van der Waals surface area contributed by atoms with E-state index < -0.39 is 0 Å². The second kappa shape index (κ2) is 8.23. The van der Waals surface area contributed by atoms with E-state index in [4.69, 9.17) is 0 Å². The summed E-state index contributed by atoms with van der Waals surface area (Å²) < 4.78 is 0. The first-order chi connectivity index (χ1) is 13.4. The third-order valence-corrected chi connectivity index (χ3v) is 4.27. The van der Waals surface area contributed by atoms with E-state index >= 15 is 0 Å². The number of fused-ring (bicyclic) bond motifs is 1. The molecule has 134 valence electrons. The van der Waals surface area contributed by atoms with Crippen LogP contribution in [0.15, 0.2) is 73.2 Å². The van der Waals surface area contributed by atoms with Crippen molar-refractivity contribution in [1.29, 1.82) is 0 Å². The minimum absolute atomic E-state index is 0.721. The predicted molar refractivity (Wildman–Crippen MR) is 108 cm³/mol. The van der Waals surface area contributed by atoms with E-state index in [9.17, 15) is 0 Å². The van der Waals surface area contributed by atoms with Crippen molar-refractivity contribution in [3.63, 3.8) is 0 Å². The van der Waals surface area contributed by atoms with E-state index in [1.54, 1.807) is 18.6 Å². The van der Waals surface area contributed by atoms with Crippen LogP contribution in [0.2, 0.25) is 0 Å². The summed E-state index contributed by atoms with van der Waals surface area (Å²) in [6.07, 6.45) is 6.11. The molecule has 0 bridgehead atoms. The molecular formula is C21H20N6. The van der Waals surface area contributed by atoms with E-state index in [1.807, 2.05) is 42.5 Å². The van der Waals surface area contributed by atoms with Crippen LogP contribution in [0, 0.1) is 0 Å². The Morgan fingerprint density at radius 3 is 2.30 bits per heavy atom. The summed E-state index contributed by atoms with van der Waals surface area (Å²) in [4.78, 5) is 8.32. The first-order valence-electron chi connectivity index (χ1n) is 8.92. The molecule has 1 aromatic carbocycles. The highest BCUT2D eigenvalue weighted by molar-refractivity contribution is 5.93. The Hall–Kier alpha value is -3.54. The molecule has 0 radical (unpaired) electrons. The van der Waals surface area contributed by atoms with E-state index in [0.29, 0.717) is 0 Å². The Balaban J connectivity index is 1.48. The van der Waals surface area contributed by atoms with Gasteiger partial charge in [-0.1, -0.05) is 30.3 Å². The van der Waals surface area contributed by atoms with Crippen molar-refractivity contribution >= 4 is 22.4 Å². The first kappa shape index (κ1) is 16.9. The van der Waals surface area contributed by atoms with Gasteiger partial charge in [-0.05, 0) is 29.8 Å². The smallest absolute Gasteiger partial charge is 0.156 e. The van der Waals surface area contributed by atoms with Crippen LogP contribution in [0.25, 0.3) is 10.8 Å². The molecule has 0 aliphatic carbocycles. The molecule has 3 heterocycles.